The van der Waals surface area contributed by atoms with Crippen molar-refractivity contribution in [1.82, 2.24) is 19.5 Å². The molecule has 1 aromatic carbocycles. The lowest BCUT2D eigenvalue weighted by Crippen LogP contribution is -2.29. The zero-order valence-corrected chi connectivity index (χ0v) is 19.4. The van der Waals surface area contributed by atoms with E-state index in [2.05, 4.69) is 25.6 Å². The van der Waals surface area contributed by atoms with E-state index in [1.54, 1.807) is 13.1 Å². The minimum absolute atomic E-state index is 0.0451. The van der Waals surface area contributed by atoms with Gasteiger partial charge in [-0.2, -0.15) is 4.98 Å². The number of amides is 1. The second-order valence-electron chi connectivity index (χ2n) is 8.21. The number of halogens is 3. The van der Waals surface area contributed by atoms with Crippen LogP contribution in [0.4, 0.5) is 22.0 Å². The summed E-state index contributed by atoms with van der Waals surface area (Å²) in [5, 5.41) is 15.7. The summed E-state index contributed by atoms with van der Waals surface area (Å²) in [6.07, 6.45) is 4.17. The minimum Gasteiger partial charge on any atom is -0.394 e. The molecule has 4 rings (SSSR count). The van der Waals surface area contributed by atoms with Gasteiger partial charge in [0.05, 0.1) is 23.5 Å². The standard InChI is InChI=1S/C21H24Cl2FN7O2/c1-10(9-32)27-20-26-8-16-19(30-20)31(13-4-2-11(3-5-13)18(25)33)21(28-16)29-17-14(23)6-12(22)7-15(17)24/h6-8,10-11,13,32H,2-5,9H2,1H3,(H2,25,33)(H,28,29)(H,26,27,30)/t10-,11-,13-/m0/s1. The van der Waals surface area contributed by atoms with E-state index in [-0.39, 0.29) is 46.2 Å². The van der Waals surface area contributed by atoms with Crippen LogP contribution in [0.5, 0.6) is 0 Å². The molecule has 1 aliphatic carbocycles. The number of nitrogens with zero attached hydrogens (tertiary/aromatic N) is 4. The summed E-state index contributed by atoms with van der Waals surface area (Å²) in [6.45, 7) is 1.72. The van der Waals surface area contributed by atoms with Gasteiger partial charge in [-0.25, -0.2) is 14.4 Å². The molecule has 1 saturated carbocycles. The Bertz CT molecular complexity index is 1160. The predicted octanol–water partition coefficient (Wildman–Crippen LogP) is 4.03. The Morgan fingerprint density at radius 2 is 2.03 bits per heavy atom. The SMILES string of the molecule is C[C@@H](CO)Nc1ncc2nc(Nc3c(F)cc(Cl)cc3Cl)n([C@H]3CC[C@H](C(N)=O)CC3)c2n1. The zero-order valence-electron chi connectivity index (χ0n) is 17.9. The number of imidazole rings is 1. The molecule has 0 bridgehead atoms. The van der Waals surface area contributed by atoms with Gasteiger partial charge in [0, 0.05) is 23.0 Å². The lowest BCUT2D eigenvalue weighted by Gasteiger charge is -2.29. The first-order chi connectivity index (χ1) is 15.8. The molecule has 2 heterocycles. The van der Waals surface area contributed by atoms with Crippen LogP contribution in [0.2, 0.25) is 10.0 Å². The highest BCUT2D eigenvalue weighted by molar-refractivity contribution is 6.36. The van der Waals surface area contributed by atoms with E-state index in [1.165, 1.54) is 12.1 Å². The largest absolute Gasteiger partial charge is 0.394 e. The van der Waals surface area contributed by atoms with Crippen molar-refractivity contribution in [3.8, 4) is 0 Å². The Morgan fingerprint density at radius 1 is 1.30 bits per heavy atom. The summed E-state index contributed by atoms with van der Waals surface area (Å²) in [7, 11) is 0. The molecule has 176 valence electrons. The third-order valence-corrected chi connectivity index (χ3v) is 6.31. The van der Waals surface area contributed by atoms with E-state index in [1.807, 2.05) is 4.57 Å². The van der Waals surface area contributed by atoms with Crippen LogP contribution >= 0.6 is 23.2 Å². The minimum atomic E-state index is -0.617. The fraction of sp³-hybridized carbons (Fsp3) is 0.429. The molecule has 1 aliphatic rings. The maximum absolute atomic E-state index is 14.6. The van der Waals surface area contributed by atoms with E-state index in [9.17, 15) is 14.3 Å². The summed E-state index contributed by atoms with van der Waals surface area (Å²) < 4.78 is 16.5. The number of anilines is 3. The Labute approximate surface area is 199 Å². The molecule has 1 amide bonds. The van der Waals surface area contributed by atoms with Gasteiger partial charge in [0.2, 0.25) is 17.8 Å². The molecule has 33 heavy (non-hydrogen) atoms. The van der Waals surface area contributed by atoms with Crippen molar-refractivity contribution in [1.29, 1.82) is 0 Å². The topological polar surface area (TPSA) is 131 Å². The molecule has 5 N–H and O–H groups in total. The molecular formula is C21H24Cl2FN7O2. The number of carbonyl (C=O) groups is 1. The monoisotopic (exact) mass is 495 g/mol. The second-order valence-corrected chi connectivity index (χ2v) is 9.06. The zero-order chi connectivity index (χ0) is 23.7. The van der Waals surface area contributed by atoms with Gasteiger partial charge in [0.25, 0.3) is 0 Å². The van der Waals surface area contributed by atoms with Crippen molar-refractivity contribution in [3.63, 3.8) is 0 Å². The number of nitrogens with two attached hydrogens (primary N) is 1. The predicted molar refractivity (Wildman–Crippen MR) is 125 cm³/mol. The van der Waals surface area contributed by atoms with Crippen molar-refractivity contribution < 1.29 is 14.3 Å². The van der Waals surface area contributed by atoms with Crippen LogP contribution in [0.1, 0.15) is 38.6 Å². The Balaban J connectivity index is 1.77. The van der Waals surface area contributed by atoms with Crippen molar-refractivity contribution in [2.75, 3.05) is 17.2 Å². The van der Waals surface area contributed by atoms with Crippen LogP contribution < -0.4 is 16.4 Å². The number of benzene rings is 1. The first-order valence-corrected chi connectivity index (χ1v) is 11.4. The van der Waals surface area contributed by atoms with Crippen LogP contribution in [-0.4, -0.2) is 43.2 Å². The average Bonchev–Trinajstić information content (AvgIpc) is 3.13. The fourth-order valence-corrected chi connectivity index (χ4v) is 4.57. The summed E-state index contributed by atoms with van der Waals surface area (Å²) in [5.74, 6) is -0.415. The number of primary amides is 1. The van der Waals surface area contributed by atoms with Gasteiger partial charge in [-0.1, -0.05) is 23.2 Å². The number of fused-ring (bicyclic) bond motifs is 1. The molecule has 9 nitrogen and oxygen atoms in total. The molecule has 0 aliphatic heterocycles. The Morgan fingerprint density at radius 3 is 2.67 bits per heavy atom. The summed E-state index contributed by atoms with van der Waals surface area (Å²) in [5.41, 5.74) is 6.57. The van der Waals surface area contributed by atoms with Gasteiger partial charge in [-0.15, -0.1) is 0 Å². The first-order valence-electron chi connectivity index (χ1n) is 10.6. The quantitative estimate of drug-likeness (QED) is 0.389. The number of hydrogen-bond acceptors (Lipinski definition) is 7. The van der Waals surface area contributed by atoms with E-state index in [4.69, 9.17) is 28.9 Å². The molecule has 0 saturated heterocycles. The first kappa shape index (κ1) is 23.5. The fourth-order valence-electron chi connectivity index (χ4n) is 4.05. The molecule has 0 spiro atoms. The number of aromatic nitrogens is 4. The van der Waals surface area contributed by atoms with Crippen molar-refractivity contribution in [2.45, 2.75) is 44.7 Å². The summed E-state index contributed by atoms with van der Waals surface area (Å²) >= 11 is 12.1. The molecule has 2 aromatic heterocycles. The number of nitrogens with one attached hydrogen (secondary N) is 2. The number of carbonyl (C=O) groups excluding carboxylic acids is 1. The summed E-state index contributed by atoms with van der Waals surface area (Å²) in [4.78, 5) is 25.1. The molecule has 1 atom stereocenters. The van der Waals surface area contributed by atoms with Gasteiger partial charge in [0.1, 0.15) is 11.3 Å². The van der Waals surface area contributed by atoms with Crippen molar-refractivity contribution >= 4 is 57.9 Å². The van der Waals surface area contributed by atoms with Crippen molar-refractivity contribution in [2.24, 2.45) is 11.7 Å². The Hall–Kier alpha value is -2.69. The third kappa shape index (κ3) is 4.97. The van der Waals surface area contributed by atoms with Gasteiger partial charge in [-0.05, 0) is 44.7 Å². The molecule has 0 radical (unpaired) electrons. The van der Waals surface area contributed by atoms with E-state index in [0.717, 1.165) is 0 Å². The van der Waals surface area contributed by atoms with Gasteiger partial charge in [0.15, 0.2) is 5.65 Å². The normalized spacial score (nSPS) is 19.4. The van der Waals surface area contributed by atoms with E-state index >= 15 is 0 Å². The maximum atomic E-state index is 14.6. The van der Waals surface area contributed by atoms with E-state index < -0.39 is 5.82 Å². The smallest absolute Gasteiger partial charge is 0.225 e. The highest BCUT2D eigenvalue weighted by Gasteiger charge is 2.29. The van der Waals surface area contributed by atoms with Crippen LogP contribution in [0, 0.1) is 11.7 Å². The molecule has 1 fully saturated rings. The van der Waals surface area contributed by atoms with E-state index in [0.29, 0.717) is 48.7 Å². The molecule has 12 heteroatoms. The maximum Gasteiger partial charge on any atom is 0.225 e. The van der Waals surface area contributed by atoms with Crippen LogP contribution in [0.3, 0.4) is 0 Å². The number of hydrogen-bond donors (Lipinski definition) is 4. The Kier molecular flexibility index (Phi) is 6.87. The lowest BCUT2D eigenvalue weighted by molar-refractivity contribution is -0.122. The molecule has 0 unspecified atom stereocenters. The lowest BCUT2D eigenvalue weighted by atomic mass is 9.85. The number of aliphatic hydroxyl groups is 1. The van der Waals surface area contributed by atoms with Gasteiger partial charge in [-0.3, -0.25) is 9.36 Å². The molecular weight excluding hydrogens is 472 g/mol. The average molecular weight is 496 g/mol. The highest BCUT2D eigenvalue weighted by Crippen LogP contribution is 2.38. The van der Waals surface area contributed by atoms with Crippen LogP contribution in [0.15, 0.2) is 18.3 Å². The third-order valence-electron chi connectivity index (χ3n) is 5.79. The van der Waals surface area contributed by atoms with Gasteiger partial charge < -0.3 is 21.5 Å². The number of rotatable bonds is 7. The second kappa shape index (κ2) is 9.66. The number of aliphatic hydroxyl groups excluding tert-OH is 1. The van der Waals surface area contributed by atoms with Crippen LogP contribution in [-0.2, 0) is 4.79 Å². The van der Waals surface area contributed by atoms with Gasteiger partial charge >= 0.3 is 0 Å². The van der Waals surface area contributed by atoms with Crippen LogP contribution in [0.25, 0.3) is 11.2 Å². The van der Waals surface area contributed by atoms with Crippen molar-refractivity contribution in [3.05, 3.63) is 34.2 Å². The molecule has 3 aromatic rings. The highest BCUT2D eigenvalue weighted by atomic mass is 35.5. The summed E-state index contributed by atoms with van der Waals surface area (Å²) in [6, 6.07) is 2.31.